The van der Waals surface area contributed by atoms with Crippen LogP contribution in [0.3, 0.4) is 0 Å². The van der Waals surface area contributed by atoms with Crippen LogP contribution >= 0.6 is 11.3 Å². The molecule has 3 rings (SSSR count). The first-order valence-corrected chi connectivity index (χ1v) is 8.24. The number of hydrogen-bond donors (Lipinski definition) is 1. The monoisotopic (exact) mass is 303 g/mol. The lowest BCUT2D eigenvalue weighted by Gasteiger charge is -2.27. The standard InChI is InChI=1S/C16H21N3OS/c1-10(2)15-17-14-6-7-19(9-13(14)16(20)18-15)8-12-5-4-11(3)21-12/h4-5,10H,6-9H2,1-3H3,(H,17,18,20). The highest BCUT2D eigenvalue weighted by atomic mass is 32.1. The zero-order valence-electron chi connectivity index (χ0n) is 12.8. The van der Waals surface area contributed by atoms with Crippen LogP contribution in [0, 0.1) is 6.92 Å². The summed E-state index contributed by atoms with van der Waals surface area (Å²) in [5.74, 6) is 1.07. The van der Waals surface area contributed by atoms with Crippen molar-refractivity contribution in [2.24, 2.45) is 0 Å². The molecule has 112 valence electrons. The van der Waals surface area contributed by atoms with Crippen molar-refractivity contribution in [3.05, 3.63) is 49.3 Å². The molecule has 0 saturated carbocycles. The van der Waals surface area contributed by atoms with Crippen LogP contribution in [0.1, 0.15) is 46.6 Å². The lowest BCUT2D eigenvalue weighted by molar-refractivity contribution is 0.243. The summed E-state index contributed by atoms with van der Waals surface area (Å²) in [5.41, 5.74) is 1.87. The molecular weight excluding hydrogens is 282 g/mol. The van der Waals surface area contributed by atoms with E-state index in [1.807, 2.05) is 11.3 Å². The number of rotatable bonds is 3. The van der Waals surface area contributed by atoms with E-state index >= 15 is 0 Å². The molecule has 0 fully saturated rings. The maximum Gasteiger partial charge on any atom is 0.255 e. The van der Waals surface area contributed by atoms with Crippen LogP contribution in [0.15, 0.2) is 16.9 Å². The van der Waals surface area contributed by atoms with Gasteiger partial charge in [0, 0.05) is 41.7 Å². The Balaban J connectivity index is 1.81. The number of hydrogen-bond acceptors (Lipinski definition) is 4. The van der Waals surface area contributed by atoms with E-state index in [2.05, 4.69) is 47.8 Å². The van der Waals surface area contributed by atoms with Crippen molar-refractivity contribution in [3.63, 3.8) is 0 Å². The number of aromatic nitrogens is 2. The lowest BCUT2D eigenvalue weighted by atomic mass is 10.1. The Morgan fingerprint density at radius 3 is 2.90 bits per heavy atom. The summed E-state index contributed by atoms with van der Waals surface area (Å²) in [6, 6.07) is 4.33. The Hall–Kier alpha value is -1.46. The highest BCUT2D eigenvalue weighted by Crippen LogP contribution is 2.21. The first-order chi connectivity index (χ1) is 10.0. The summed E-state index contributed by atoms with van der Waals surface area (Å²) < 4.78 is 0. The molecule has 0 radical (unpaired) electrons. The average molecular weight is 303 g/mol. The second kappa shape index (κ2) is 5.73. The van der Waals surface area contributed by atoms with E-state index in [1.54, 1.807) is 0 Å². The first kappa shape index (κ1) is 14.5. The normalized spacial score (nSPS) is 15.4. The van der Waals surface area contributed by atoms with Crippen molar-refractivity contribution in [2.45, 2.75) is 46.2 Å². The molecular formula is C16H21N3OS. The summed E-state index contributed by atoms with van der Waals surface area (Å²) in [4.78, 5) is 24.9. The number of aryl methyl sites for hydroxylation is 1. The molecule has 1 N–H and O–H groups in total. The number of fused-ring (bicyclic) bond motifs is 1. The van der Waals surface area contributed by atoms with Gasteiger partial charge in [0.2, 0.25) is 0 Å². The van der Waals surface area contributed by atoms with Crippen molar-refractivity contribution >= 4 is 11.3 Å². The topological polar surface area (TPSA) is 49.0 Å². The SMILES string of the molecule is Cc1ccc(CN2CCc3nc(C(C)C)[nH]c(=O)c3C2)s1. The predicted octanol–water partition coefficient (Wildman–Crippen LogP) is 2.82. The fraction of sp³-hybridized carbons (Fsp3) is 0.500. The van der Waals surface area contributed by atoms with Crippen LogP contribution in [0.2, 0.25) is 0 Å². The molecule has 1 aliphatic rings. The molecule has 1 aliphatic heterocycles. The van der Waals surface area contributed by atoms with Gasteiger partial charge in [0.25, 0.3) is 5.56 Å². The molecule has 0 atom stereocenters. The largest absolute Gasteiger partial charge is 0.310 e. The smallest absolute Gasteiger partial charge is 0.255 e. The van der Waals surface area contributed by atoms with Gasteiger partial charge in [-0.25, -0.2) is 4.98 Å². The van der Waals surface area contributed by atoms with Gasteiger partial charge in [-0.1, -0.05) is 13.8 Å². The number of H-pyrrole nitrogens is 1. The lowest BCUT2D eigenvalue weighted by Crippen LogP contribution is -2.35. The maximum atomic E-state index is 12.3. The molecule has 0 aliphatic carbocycles. The Bertz CT molecular complexity index is 702. The van der Waals surface area contributed by atoms with Crippen molar-refractivity contribution in [3.8, 4) is 0 Å². The summed E-state index contributed by atoms with van der Waals surface area (Å²) in [6.07, 6.45) is 0.864. The molecule has 0 unspecified atom stereocenters. The fourth-order valence-electron chi connectivity index (χ4n) is 2.70. The number of thiophene rings is 1. The minimum atomic E-state index is 0.0377. The van der Waals surface area contributed by atoms with Gasteiger partial charge in [-0.3, -0.25) is 9.69 Å². The molecule has 4 nitrogen and oxygen atoms in total. The van der Waals surface area contributed by atoms with Gasteiger partial charge in [0.1, 0.15) is 5.82 Å². The van der Waals surface area contributed by atoms with E-state index in [0.717, 1.165) is 36.6 Å². The van der Waals surface area contributed by atoms with E-state index < -0.39 is 0 Å². The van der Waals surface area contributed by atoms with Gasteiger partial charge in [0.15, 0.2) is 0 Å². The van der Waals surface area contributed by atoms with Gasteiger partial charge >= 0.3 is 0 Å². The molecule has 0 bridgehead atoms. The molecule has 0 amide bonds. The molecule has 0 saturated heterocycles. The zero-order valence-corrected chi connectivity index (χ0v) is 13.6. The van der Waals surface area contributed by atoms with Crippen LogP contribution < -0.4 is 5.56 Å². The van der Waals surface area contributed by atoms with E-state index in [9.17, 15) is 4.79 Å². The summed E-state index contributed by atoms with van der Waals surface area (Å²) >= 11 is 1.83. The van der Waals surface area contributed by atoms with Crippen molar-refractivity contribution < 1.29 is 0 Å². The summed E-state index contributed by atoms with van der Waals surface area (Å²) in [7, 11) is 0. The van der Waals surface area contributed by atoms with Crippen molar-refractivity contribution in [1.82, 2.24) is 14.9 Å². The number of aromatic amines is 1. The third-order valence-corrected chi connectivity index (χ3v) is 4.87. The van der Waals surface area contributed by atoms with Gasteiger partial charge in [-0.15, -0.1) is 11.3 Å². The van der Waals surface area contributed by atoms with Gasteiger partial charge in [-0.05, 0) is 19.1 Å². The molecule has 3 heterocycles. The van der Waals surface area contributed by atoms with Crippen LogP contribution in [-0.2, 0) is 19.5 Å². The van der Waals surface area contributed by atoms with Crippen molar-refractivity contribution in [1.29, 1.82) is 0 Å². The summed E-state index contributed by atoms with van der Waals surface area (Å²) in [5, 5.41) is 0. The van der Waals surface area contributed by atoms with Gasteiger partial charge < -0.3 is 4.98 Å². The third-order valence-electron chi connectivity index (χ3n) is 3.89. The second-order valence-electron chi connectivity index (χ2n) is 6.00. The predicted molar refractivity (Wildman–Crippen MR) is 85.8 cm³/mol. The highest BCUT2D eigenvalue weighted by Gasteiger charge is 2.22. The Kier molecular flexibility index (Phi) is 3.95. The Morgan fingerprint density at radius 2 is 2.24 bits per heavy atom. The number of nitrogens with one attached hydrogen (secondary N) is 1. The minimum absolute atomic E-state index is 0.0377. The highest BCUT2D eigenvalue weighted by molar-refractivity contribution is 7.11. The van der Waals surface area contributed by atoms with Crippen LogP contribution in [0.4, 0.5) is 0 Å². The van der Waals surface area contributed by atoms with Gasteiger partial charge in [-0.2, -0.15) is 0 Å². The Morgan fingerprint density at radius 1 is 1.43 bits per heavy atom. The average Bonchev–Trinajstić information content (AvgIpc) is 2.84. The van der Waals surface area contributed by atoms with Crippen LogP contribution in [0.5, 0.6) is 0 Å². The maximum absolute atomic E-state index is 12.3. The molecule has 0 spiro atoms. The minimum Gasteiger partial charge on any atom is -0.310 e. The van der Waals surface area contributed by atoms with Crippen molar-refractivity contribution in [2.75, 3.05) is 6.54 Å². The quantitative estimate of drug-likeness (QED) is 0.948. The molecule has 2 aromatic rings. The molecule has 0 aromatic carbocycles. The Labute approximate surface area is 128 Å². The van der Waals surface area contributed by atoms with Gasteiger partial charge in [0.05, 0.1) is 11.3 Å². The first-order valence-electron chi connectivity index (χ1n) is 7.42. The summed E-state index contributed by atoms with van der Waals surface area (Å²) in [6.45, 7) is 8.83. The van der Waals surface area contributed by atoms with Crippen LogP contribution in [-0.4, -0.2) is 21.4 Å². The van der Waals surface area contributed by atoms with E-state index in [1.165, 1.54) is 9.75 Å². The zero-order chi connectivity index (χ0) is 15.0. The second-order valence-corrected chi connectivity index (χ2v) is 7.38. The molecule has 2 aromatic heterocycles. The fourth-order valence-corrected chi connectivity index (χ4v) is 3.63. The van der Waals surface area contributed by atoms with E-state index in [4.69, 9.17) is 0 Å². The molecule has 21 heavy (non-hydrogen) atoms. The number of nitrogens with zero attached hydrogens (tertiary/aromatic N) is 2. The third kappa shape index (κ3) is 3.09. The van der Waals surface area contributed by atoms with E-state index in [0.29, 0.717) is 6.54 Å². The molecule has 5 heteroatoms. The van der Waals surface area contributed by atoms with E-state index in [-0.39, 0.29) is 11.5 Å². The van der Waals surface area contributed by atoms with Crippen LogP contribution in [0.25, 0.3) is 0 Å².